The summed E-state index contributed by atoms with van der Waals surface area (Å²) in [5.74, 6) is -1.85. The van der Waals surface area contributed by atoms with Crippen molar-refractivity contribution in [3.63, 3.8) is 0 Å². The Kier molecular flexibility index (Phi) is 13.4. The molecule has 0 fully saturated rings. The Balaban J connectivity index is 1.14. The van der Waals surface area contributed by atoms with E-state index in [1.54, 1.807) is 52.3 Å². The van der Waals surface area contributed by atoms with Crippen LogP contribution in [0.3, 0.4) is 0 Å². The Labute approximate surface area is 432 Å². The van der Waals surface area contributed by atoms with E-state index in [2.05, 4.69) is 54.6 Å². The number of anilines is 4. The molecule has 0 aliphatic carbocycles. The van der Waals surface area contributed by atoms with Crippen molar-refractivity contribution in [3.05, 3.63) is 254 Å². The van der Waals surface area contributed by atoms with Gasteiger partial charge in [-0.3, -0.25) is 0 Å². The molecule has 0 spiro atoms. The Bertz CT molecular complexity index is 3630. The summed E-state index contributed by atoms with van der Waals surface area (Å²) in [6.07, 6.45) is 0. The average Bonchev–Trinajstić information content (AvgIpc) is 3.40. The molecule has 0 radical (unpaired) electrons. The zero-order chi connectivity index (χ0) is 51.7. The zero-order valence-electron chi connectivity index (χ0n) is 42.3. The molecule has 0 aromatic heterocycles. The first-order valence-electron chi connectivity index (χ1n) is 24.9. The van der Waals surface area contributed by atoms with E-state index in [4.69, 9.17) is 0 Å². The van der Waals surface area contributed by atoms with Crippen LogP contribution in [0.2, 0.25) is 0 Å². The minimum atomic E-state index is -0.740. The first-order valence-corrected chi connectivity index (χ1v) is 24.9. The third-order valence-corrected chi connectivity index (χ3v) is 13.4. The lowest BCUT2D eigenvalue weighted by atomic mass is 9.87. The predicted octanol–water partition coefficient (Wildman–Crippen LogP) is 19.8. The van der Waals surface area contributed by atoms with Crippen LogP contribution in [0.4, 0.5) is 40.3 Å². The van der Waals surface area contributed by atoms with Crippen molar-refractivity contribution in [2.75, 3.05) is 9.80 Å². The largest absolute Gasteiger partial charge is 0.331 e. The van der Waals surface area contributed by atoms with Crippen molar-refractivity contribution in [2.45, 2.75) is 52.6 Å². The maximum Gasteiger partial charge on any atom is 0.147 e. The van der Waals surface area contributed by atoms with Gasteiger partial charge in [0.15, 0.2) is 0 Å². The first-order chi connectivity index (χ1) is 35.6. The van der Waals surface area contributed by atoms with E-state index >= 15 is 17.6 Å². The van der Waals surface area contributed by atoms with E-state index in [1.807, 2.05) is 157 Å². The van der Waals surface area contributed by atoms with E-state index < -0.39 is 34.3 Å². The number of para-hydroxylation sites is 2. The smallest absolute Gasteiger partial charge is 0.147 e. The van der Waals surface area contributed by atoms with Crippen LogP contribution in [0.1, 0.15) is 41.5 Å². The summed E-state index contributed by atoms with van der Waals surface area (Å²) in [6.45, 7) is 11.7. The van der Waals surface area contributed by atoms with Gasteiger partial charge in [-0.2, -0.15) is 0 Å². The number of hydrogen-bond acceptors (Lipinski definition) is 2. The summed E-state index contributed by atoms with van der Waals surface area (Å²) >= 11 is 0. The van der Waals surface area contributed by atoms with E-state index in [0.29, 0.717) is 11.1 Å². The van der Waals surface area contributed by atoms with Gasteiger partial charge in [0.05, 0.1) is 22.7 Å². The maximum absolute atomic E-state index is 17.2. The highest BCUT2D eigenvalue weighted by molar-refractivity contribution is 5.96. The molecule has 0 aliphatic heterocycles. The van der Waals surface area contributed by atoms with Crippen LogP contribution in [-0.4, -0.2) is 11.1 Å². The van der Waals surface area contributed by atoms with Crippen molar-refractivity contribution in [3.8, 4) is 77.9 Å². The van der Waals surface area contributed by atoms with Crippen molar-refractivity contribution >= 4 is 22.7 Å². The molecule has 10 aromatic rings. The lowest BCUT2D eigenvalue weighted by Crippen LogP contribution is -2.39. The van der Waals surface area contributed by atoms with Crippen molar-refractivity contribution in [1.82, 2.24) is 0 Å². The molecule has 0 N–H and O–H groups in total. The number of hydrogen-bond donors (Lipinski definition) is 0. The number of rotatable bonds is 11. The second kappa shape index (κ2) is 20.2. The number of benzene rings is 10. The van der Waals surface area contributed by atoms with Crippen LogP contribution in [0.5, 0.6) is 0 Å². The van der Waals surface area contributed by atoms with Crippen LogP contribution in [0, 0.1) is 23.3 Å². The molecular formula is C68H56F4N2. The Morgan fingerprint density at radius 1 is 0.257 bits per heavy atom. The van der Waals surface area contributed by atoms with Gasteiger partial charge >= 0.3 is 0 Å². The van der Waals surface area contributed by atoms with Crippen LogP contribution < -0.4 is 9.80 Å². The molecule has 0 saturated heterocycles. The maximum atomic E-state index is 17.2. The first kappa shape index (κ1) is 49.1. The molecule has 10 rings (SSSR count). The zero-order valence-corrected chi connectivity index (χ0v) is 42.3. The summed E-state index contributed by atoms with van der Waals surface area (Å²) in [7, 11) is 0. The fraction of sp³-hybridized carbons (Fsp3) is 0.118. The van der Waals surface area contributed by atoms with Crippen LogP contribution in [0.25, 0.3) is 77.9 Å². The molecule has 74 heavy (non-hydrogen) atoms. The Morgan fingerprint density at radius 3 is 1.19 bits per heavy atom. The van der Waals surface area contributed by atoms with Crippen molar-refractivity contribution < 1.29 is 17.6 Å². The lowest BCUT2D eigenvalue weighted by molar-refractivity contribution is 0.527. The molecule has 0 atom stereocenters. The van der Waals surface area contributed by atoms with Gasteiger partial charge < -0.3 is 9.80 Å². The second-order valence-electron chi connectivity index (χ2n) is 20.6. The topological polar surface area (TPSA) is 6.48 Å². The van der Waals surface area contributed by atoms with Gasteiger partial charge in [-0.1, -0.05) is 158 Å². The van der Waals surface area contributed by atoms with Crippen molar-refractivity contribution in [1.29, 1.82) is 0 Å². The van der Waals surface area contributed by atoms with Gasteiger partial charge in [0.2, 0.25) is 0 Å². The normalized spacial score (nSPS) is 11.6. The van der Waals surface area contributed by atoms with E-state index in [0.717, 1.165) is 66.8 Å². The average molecular weight is 977 g/mol. The summed E-state index contributed by atoms with van der Waals surface area (Å²) in [5, 5.41) is 0. The van der Waals surface area contributed by atoms with E-state index in [1.165, 1.54) is 18.2 Å². The molecule has 2 nitrogen and oxygen atoms in total. The van der Waals surface area contributed by atoms with Gasteiger partial charge in [-0.05, 0) is 187 Å². The monoisotopic (exact) mass is 976 g/mol. The van der Waals surface area contributed by atoms with Gasteiger partial charge in [-0.15, -0.1) is 0 Å². The minimum absolute atomic E-state index is 0.263. The van der Waals surface area contributed by atoms with Gasteiger partial charge in [-0.25, -0.2) is 17.6 Å². The summed E-state index contributed by atoms with van der Waals surface area (Å²) < 4.78 is 65.8. The highest BCUT2D eigenvalue weighted by Gasteiger charge is 2.33. The molecule has 6 heteroatoms. The standard InChI is InChI=1S/C68H56F4N2/c1-67(2,3)73(62-34-18-16-32-58(62)69)64-44-57(47-26-14-9-15-27-47)56(43-61(64)72)54-41-52(45-22-10-7-11-23-45)40-53(42-54)50-30-20-28-48(38-50)49-29-21-31-51(39-49)65-55(46-24-12-8-13-25-46)36-37-60(71)66(65)74(68(4,5)6)63-35-19-17-33-59(63)70/h7-44H,1-6H3. The van der Waals surface area contributed by atoms with Crippen LogP contribution >= 0.6 is 0 Å². The third-order valence-electron chi connectivity index (χ3n) is 13.4. The molecule has 0 bridgehead atoms. The quantitative estimate of drug-likeness (QED) is 0.119. The highest BCUT2D eigenvalue weighted by Crippen LogP contribution is 2.49. The summed E-state index contributed by atoms with van der Waals surface area (Å²) in [5.41, 5.74) is 11.5. The van der Waals surface area contributed by atoms with Crippen LogP contribution in [0.15, 0.2) is 231 Å². The lowest BCUT2D eigenvalue weighted by Gasteiger charge is -2.40. The predicted molar refractivity (Wildman–Crippen MR) is 301 cm³/mol. The Morgan fingerprint density at radius 2 is 0.649 bits per heavy atom. The molecule has 0 heterocycles. The fourth-order valence-corrected chi connectivity index (χ4v) is 10.2. The third kappa shape index (κ3) is 9.88. The van der Waals surface area contributed by atoms with E-state index in [9.17, 15) is 0 Å². The van der Waals surface area contributed by atoms with Crippen LogP contribution in [-0.2, 0) is 0 Å². The van der Waals surface area contributed by atoms with E-state index in [-0.39, 0.29) is 22.7 Å². The molecular weight excluding hydrogens is 921 g/mol. The molecule has 0 unspecified atom stereocenters. The number of halogens is 4. The van der Waals surface area contributed by atoms with Crippen molar-refractivity contribution in [2.24, 2.45) is 0 Å². The SMILES string of the molecule is CC(C)(C)N(c1ccccc1F)c1cc(-c2ccccc2)c(-c2cc(-c3ccccc3)cc(-c3cccc(-c4cccc(-c5c(-c6ccccc6)ccc(F)c5N(c5ccccc5F)C(C)(C)C)c4)c3)c2)cc1F. The molecule has 0 amide bonds. The molecule has 10 aromatic carbocycles. The Hall–Kier alpha value is -8.48. The van der Waals surface area contributed by atoms with Gasteiger partial charge in [0.25, 0.3) is 0 Å². The number of nitrogens with zero attached hydrogens (tertiary/aromatic N) is 2. The summed E-state index contributed by atoms with van der Waals surface area (Å²) in [4.78, 5) is 3.51. The minimum Gasteiger partial charge on any atom is -0.331 e. The molecule has 0 aliphatic rings. The fourth-order valence-electron chi connectivity index (χ4n) is 10.2. The summed E-state index contributed by atoms with van der Waals surface area (Å²) in [6, 6.07) is 72.5. The van der Waals surface area contributed by atoms with Gasteiger partial charge in [0.1, 0.15) is 23.3 Å². The van der Waals surface area contributed by atoms with Gasteiger partial charge in [0, 0.05) is 16.6 Å². The molecule has 366 valence electrons. The second-order valence-corrected chi connectivity index (χ2v) is 20.6. The highest BCUT2D eigenvalue weighted by atomic mass is 19.1. The molecule has 0 saturated carbocycles.